The van der Waals surface area contributed by atoms with Crippen molar-refractivity contribution in [2.24, 2.45) is 0 Å². The molecular weight excluding hydrogens is 299 g/mol. The Morgan fingerprint density at radius 2 is 1.62 bits per heavy atom. The van der Waals surface area contributed by atoms with Gasteiger partial charge in [0.1, 0.15) is 0 Å². The minimum absolute atomic E-state index is 0.0543. The number of allylic oxidation sites excluding steroid dienone is 4. The number of hydrogen-bond acceptors (Lipinski definition) is 0. The Morgan fingerprint density at radius 1 is 1.00 bits per heavy atom. The standard InChI is InChI=1S/C16H25F4P/c1-2-3-4-5-6-7-11-14-21(16(18,19)20)15(17)12-9-8-10-13-15/h8-10,12H,2-7,11,13-14H2,1H3. The molecule has 2 unspecified atom stereocenters. The SMILES string of the molecule is CCCCCCCCCP(C(F)(F)F)C1(F)C=CC=CC1. The summed E-state index contributed by atoms with van der Waals surface area (Å²) >= 11 is 0. The predicted molar refractivity (Wildman–Crippen MR) is 82.6 cm³/mol. The van der Waals surface area contributed by atoms with Crippen LogP contribution in [0.25, 0.3) is 0 Å². The maximum absolute atomic E-state index is 14.6. The second-order valence-electron chi connectivity index (χ2n) is 5.55. The fraction of sp³-hybridized carbons (Fsp3) is 0.750. The van der Waals surface area contributed by atoms with Crippen molar-refractivity contribution in [3.05, 3.63) is 24.3 Å². The van der Waals surface area contributed by atoms with Crippen LogP contribution in [0, 0.1) is 0 Å². The fourth-order valence-electron chi connectivity index (χ4n) is 2.53. The highest BCUT2D eigenvalue weighted by Gasteiger charge is 2.52. The quantitative estimate of drug-likeness (QED) is 0.245. The third kappa shape index (κ3) is 6.50. The molecule has 5 heteroatoms. The summed E-state index contributed by atoms with van der Waals surface area (Å²) in [7, 11) is -2.63. The van der Waals surface area contributed by atoms with E-state index in [2.05, 4.69) is 6.92 Å². The minimum Gasteiger partial charge on any atom is -0.234 e. The molecule has 0 aliphatic heterocycles. The number of alkyl halides is 4. The molecule has 0 spiro atoms. The third-order valence-corrected chi connectivity index (χ3v) is 6.35. The first kappa shape index (κ1) is 18.7. The average molecular weight is 324 g/mol. The zero-order valence-corrected chi connectivity index (χ0v) is 13.5. The molecule has 0 fully saturated rings. The molecule has 0 N–H and O–H groups in total. The summed E-state index contributed by atoms with van der Waals surface area (Å²) in [5, 5.41) is -2.20. The Kier molecular flexibility index (Phi) is 7.94. The molecule has 21 heavy (non-hydrogen) atoms. The van der Waals surface area contributed by atoms with Gasteiger partial charge >= 0.3 is 5.92 Å². The molecule has 0 aromatic rings. The molecule has 0 aromatic heterocycles. The van der Waals surface area contributed by atoms with E-state index in [1.165, 1.54) is 18.6 Å². The third-order valence-electron chi connectivity index (χ3n) is 3.74. The molecule has 0 saturated carbocycles. The van der Waals surface area contributed by atoms with Crippen molar-refractivity contribution in [2.45, 2.75) is 69.6 Å². The van der Waals surface area contributed by atoms with Crippen molar-refractivity contribution in [3.63, 3.8) is 0 Å². The summed E-state index contributed by atoms with van der Waals surface area (Å²) in [5.41, 5.74) is 0. The Labute approximate surface area is 126 Å². The van der Waals surface area contributed by atoms with Crippen LogP contribution in [0.4, 0.5) is 17.6 Å². The van der Waals surface area contributed by atoms with E-state index in [-0.39, 0.29) is 12.6 Å². The lowest BCUT2D eigenvalue weighted by molar-refractivity contribution is -0.0439. The molecule has 0 heterocycles. The van der Waals surface area contributed by atoms with Gasteiger partial charge in [-0.2, -0.15) is 13.2 Å². The summed E-state index contributed by atoms with van der Waals surface area (Å²) in [5.74, 6) is -4.41. The molecule has 122 valence electrons. The summed E-state index contributed by atoms with van der Waals surface area (Å²) < 4.78 is 54.0. The normalized spacial score (nSPS) is 23.5. The maximum atomic E-state index is 14.6. The van der Waals surface area contributed by atoms with Crippen LogP contribution in [-0.4, -0.2) is 17.5 Å². The van der Waals surface area contributed by atoms with Gasteiger partial charge in [-0.25, -0.2) is 4.39 Å². The van der Waals surface area contributed by atoms with E-state index < -0.39 is 19.2 Å². The molecule has 1 aliphatic rings. The van der Waals surface area contributed by atoms with Gasteiger partial charge in [0.2, 0.25) is 0 Å². The molecule has 0 bridgehead atoms. The number of halogens is 4. The Morgan fingerprint density at radius 3 is 2.14 bits per heavy atom. The van der Waals surface area contributed by atoms with Crippen LogP contribution in [0.2, 0.25) is 0 Å². The lowest BCUT2D eigenvalue weighted by Gasteiger charge is -2.33. The fourth-order valence-corrected chi connectivity index (χ4v) is 4.71. The van der Waals surface area contributed by atoms with E-state index in [0.29, 0.717) is 6.42 Å². The molecule has 0 saturated heterocycles. The molecule has 0 aromatic carbocycles. The zero-order valence-electron chi connectivity index (χ0n) is 12.6. The Balaban J connectivity index is 2.42. The van der Waals surface area contributed by atoms with Crippen molar-refractivity contribution in [3.8, 4) is 0 Å². The number of unbranched alkanes of at least 4 members (excludes halogenated alkanes) is 6. The van der Waals surface area contributed by atoms with Crippen LogP contribution in [0.1, 0.15) is 58.3 Å². The van der Waals surface area contributed by atoms with Gasteiger partial charge in [0, 0.05) is 14.3 Å². The Bertz CT molecular complexity index is 349. The van der Waals surface area contributed by atoms with E-state index in [4.69, 9.17) is 0 Å². The molecule has 0 radical (unpaired) electrons. The van der Waals surface area contributed by atoms with Gasteiger partial charge in [0.15, 0.2) is 5.41 Å². The zero-order chi connectivity index (χ0) is 15.8. The van der Waals surface area contributed by atoms with Crippen molar-refractivity contribution < 1.29 is 17.6 Å². The molecular formula is C16H25F4P. The molecule has 1 aliphatic carbocycles. The van der Waals surface area contributed by atoms with Crippen LogP contribution < -0.4 is 0 Å². The van der Waals surface area contributed by atoms with E-state index in [0.717, 1.165) is 38.2 Å². The van der Waals surface area contributed by atoms with Crippen LogP contribution in [0.3, 0.4) is 0 Å². The average Bonchev–Trinajstić information content (AvgIpc) is 2.41. The largest absolute Gasteiger partial charge is 0.408 e. The van der Waals surface area contributed by atoms with Crippen molar-refractivity contribution >= 4 is 7.92 Å². The predicted octanol–water partition coefficient (Wildman–Crippen LogP) is 6.92. The summed E-state index contributed by atoms with van der Waals surface area (Å²) in [4.78, 5) is 0. The van der Waals surface area contributed by atoms with Crippen molar-refractivity contribution in [2.75, 3.05) is 6.16 Å². The maximum Gasteiger partial charge on any atom is 0.408 e. The van der Waals surface area contributed by atoms with Gasteiger partial charge in [-0.3, -0.25) is 0 Å². The van der Waals surface area contributed by atoms with Gasteiger partial charge in [-0.1, -0.05) is 63.7 Å². The second-order valence-corrected chi connectivity index (χ2v) is 8.10. The van der Waals surface area contributed by atoms with Crippen LogP contribution in [0.5, 0.6) is 0 Å². The molecule has 1 rings (SSSR count). The number of rotatable bonds is 9. The lowest BCUT2D eigenvalue weighted by atomic mass is 10.1. The first-order valence-electron chi connectivity index (χ1n) is 7.78. The van der Waals surface area contributed by atoms with Gasteiger partial charge < -0.3 is 0 Å². The van der Waals surface area contributed by atoms with E-state index in [9.17, 15) is 17.6 Å². The Hall–Kier alpha value is -0.370. The monoisotopic (exact) mass is 324 g/mol. The van der Waals surface area contributed by atoms with Gasteiger partial charge in [-0.05, 0) is 18.7 Å². The summed E-state index contributed by atoms with van der Waals surface area (Å²) in [6.07, 6.45) is 12.2. The smallest absolute Gasteiger partial charge is 0.234 e. The van der Waals surface area contributed by atoms with Gasteiger partial charge in [0.25, 0.3) is 0 Å². The lowest BCUT2D eigenvalue weighted by Crippen LogP contribution is -2.27. The molecule has 0 nitrogen and oxygen atoms in total. The second kappa shape index (κ2) is 8.92. The van der Waals surface area contributed by atoms with E-state index in [1.54, 1.807) is 6.08 Å². The van der Waals surface area contributed by atoms with Crippen molar-refractivity contribution in [1.82, 2.24) is 0 Å². The minimum atomic E-state index is -4.41. The summed E-state index contributed by atoms with van der Waals surface area (Å²) in [6.45, 7) is 2.13. The van der Waals surface area contributed by atoms with E-state index in [1.807, 2.05) is 0 Å². The highest BCUT2D eigenvalue weighted by molar-refractivity contribution is 7.60. The van der Waals surface area contributed by atoms with Crippen LogP contribution >= 0.6 is 7.92 Å². The van der Waals surface area contributed by atoms with Crippen LogP contribution in [0.15, 0.2) is 24.3 Å². The number of hydrogen-bond donors (Lipinski definition) is 0. The highest BCUT2D eigenvalue weighted by Crippen LogP contribution is 2.65. The van der Waals surface area contributed by atoms with Gasteiger partial charge in [-0.15, -0.1) is 0 Å². The summed E-state index contributed by atoms with van der Waals surface area (Å²) in [6, 6.07) is 0. The molecule has 2 atom stereocenters. The highest BCUT2D eigenvalue weighted by atomic mass is 31.1. The van der Waals surface area contributed by atoms with Crippen molar-refractivity contribution in [1.29, 1.82) is 0 Å². The van der Waals surface area contributed by atoms with E-state index >= 15 is 0 Å². The molecule has 0 amide bonds. The van der Waals surface area contributed by atoms with Crippen LogP contribution in [-0.2, 0) is 0 Å². The van der Waals surface area contributed by atoms with Gasteiger partial charge in [0.05, 0.1) is 0 Å². The first-order valence-corrected chi connectivity index (χ1v) is 9.30. The first-order chi connectivity index (χ1) is 9.90. The topological polar surface area (TPSA) is 0 Å².